The number of amides is 2. The van der Waals surface area contributed by atoms with E-state index in [-0.39, 0.29) is 0 Å². The molecule has 0 aromatic heterocycles. The first-order valence-corrected chi connectivity index (χ1v) is 8.50. The number of imide groups is 1. The lowest BCUT2D eigenvalue weighted by molar-refractivity contribution is -0.115. The quantitative estimate of drug-likeness (QED) is 0.767. The average Bonchev–Trinajstić information content (AvgIpc) is 2.84. The summed E-state index contributed by atoms with van der Waals surface area (Å²) in [7, 11) is 0. The summed E-state index contributed by atoms with van der Waals surface area (Å²) in [6.07, 6.45) is 1.59. The number of nitrogens with one attached hydrogen (secondary N) is 1. The van der Waals surface area contributed by atoms with E-state index in [1.807, 2.05) is 18.2 Å². The number of ether oxygens (including phenoxy) is 1. The summed E-state index contributed by atoms with van der Waals surface area (Å²) in [5.41, 5.74) is 1.54. The highest BCUT2D eigenvalue weighted by atomic mass is 35.5. The van der Waals surface area contributed by atoms with E-state index in [1.165, 1.54) is 0 Å². The predicted octanol–water partition coefficient (Wildman–Crippen LogP) is 4.90. The van der Waals surface area contributed by atoms with E-state index < -0.39 is 11.1 Å². The van der Waals surface area contributed by atoms with Crippen LogP contribution in [0.5, 0.6) is 5.75 Å². The van der Waals surface area contributed by atoms with Gasteiger partial charge in [0, 0.05) is 15.6 Å². The van der Waals surface area contributed by atoms with Crippen molar-refractivity contribution in [3.8, 4) is 5.75 Å². The van der Waals surface area contributed by atoms with Gasteiger partial charge in [0.05, 0.1) is 4.91 Å². The van der Waals surface area contributed by atoms with Crippen LogP contribution in [-0.4, -0.2) is 11.1 Å². The monoisotopic (exact) mass is 379 g/mol. The van der Waals surface area contributed by atoms with Crippen molar-refractivity contribution >= 4 is 52.2 Å². The molecule has 0 saturated carbocycles. The zero-order valence-electron chi connectivity index (χ0n) is 12.2. The van der Waals surface area contributed by atoms with Crippen LogP contribution in [0.2, 0.25) is 10.0 Å². The maximum atomic E-state index is 11.7. The molecule has 2 amide bonds. The van der Waals surface area contributed by atoms with Crippen LogP contribution in [0.4, 0.5) is 4.79 Å². The number of benzene rings is 2. The molecule has 0 aliphatic carbocycles. The number of carbonyl (C=O) groups excluding carboxylic acids is 2. The van der Waals surface area contributed by atoms with Gasteiger partial charge in [0.25, 0.3) is 11.1 Å². The second-order valence-electron chi connectivity index (χ2n) is 4.95. The minimum Gasteiger partial charge on any atom is -0.488 e. The van der Waals surface area contributed by atoms with E-state index in [0.29, 0.717) is 32.9 Å². The standard InChI is InChI=1S/C17H11Cl2NO3S/c18-12-3-1-2-10(6-12)9-23-14-5-4-13(19)7-11(14)8-15-16(21)20-17(22)24-15/h1-8H,9H2,(H,20,21,22)/b15-8-. The van der Waals surface area contributed by atoms with Crippen molar-refractivity contribution in [1.82, 2.24) is 5.32 Å². The number of thioether (sulfide) groups is 1. The van der Waals surface area contributed by atoms with Crippen LogP contribution in [0.1, 0.15) is 11.1 Å². The molecule has 1 aliphatic heterocycles. The van der Waals surface area contributed by atoms with Crippen LogP contribution in [0.15, 0.2) is 47.4 Å². The maximum Gasteiger partial charge on any atom is 0.290 e. The molecule has 0 radical (unpaired) electrons. The van der Waals surface area contributed by atoms with Gasteiger partial charge in [-0.15, -0.1) is 0 Å². The van der Waals surface area contributed by atoms with E-state index >= 15 is 0 Å². The van der Waals surface area contributed by atoms with Crippen molar-refractivity contribution in [3.63, 3.8) is 0 Å². The number of halogens is 2. The first-order chi connectivity index (χ1) is 11.5. The smallest absolute Gasteiger partial charge is 0.290 e. The zero-order chi connectivity index (χ0) is 17.1. The highest BCUT2D eigenvalue weighted by molar-refractivity contribution is 8.18. The third kappa shape index (κ3) is 4.12. The number of hydrogen-bond acceptors (Lipinski definition) is 4. The molecule has 7 heteroatoms. The van der Waals surface area contributed by atoms with Gasteiger partial charge in [-0.3, -0.25) is 14.9 Å². The van der Waals surface area contributed by atoms with Crippen molar-refractivity contribution in [2.45, 2.75) is 6.61 Å². The molecule has 122 valence electrons. The number of hydrogen-bond donors (Lipinski definition) is 1. The van der Waals surface area contributed by atoms with Gasteiger partial charge < -0.3 is 4.74 Å². The first kappa shape index (κ1) is 16.9. The molecule has 1 saturated heterocycles. The number of carbonyl (C=O) groups is 2. The molecule has 3 rings (SSSR count). The van der Waals surface area contributed by atoms with E-state index in [1.54, 1.807) is 30.3 Å². The van der Waals surface area contributed by atoms with Gasteiger partial charge in [-0.2, -0.15) is 0 Å². The lowest BCUT2D eigenvalue weighted by atomic mass is 10.1. The molecular weight excluding hydrogens is 369 g/mol. The number of rotatable bonds is 4. The molecule has 24 heavy (non-hydrogen) atoms. The Morgan fingerprint density at radius 1 is 1.08 bits per heavy atom. The molecule has 2 aromatic rings. The first-order valence-electron chi connectivity index (χ1n) is 6.93. The van der Waals surface area contributed by atoms with Crippen LogP contribution in [0.25, 0.3) is 6.08 Å². The molecule has 0 spiro atoms. The summed E-state index contributed by atoms with van der Waals surface area (Å²) in [5.74, 6) is 0.130. The van der Waals surface area contributed by atoms with Crippen LogP contribution in [0.3, 0.4) is 0 Å². The summed E-state index contributed by atoms with van der Waals surface area (Å²) in [4.78, 5) is 23.3. The normalized spacial score (nSPS) is 15.7. The molecule has 0 bridgehead atoms. The van der Waals surface area contributed by atoms with E-state index in [9.17, 15) is 9.59 Å². The molecule has 4 nitrogen and oxygen atoms in total. The van der Waals surface area contributed by atoms with Crippen LogP contribution < -0.4 is 10.1 Å². The Morgan fingerprint density at radius 3 is 2.58 bits per heavy atom. The van der Waals surface area contributed by atoms with E-state index in [2.05, 4.69) is 5.32 Å². The Hall–Kier alpha value is -1.95. The second kappa shape index (κ2) is 7.30. The molecular formula is C17H11Cl2NO3S. The molecule has 1 fully saturated rings. The van der Waals surface area contributed by atoms with Gasteiger partial charge in [0.1, 0.15) is 12.4 Å². The summed E-state index contributed by atoms with van der Waals surface area (Å²) in [6, 6.07) is 12.4. The highest BCUT2D eigenvalue weighted by Gasteiger charge is 2.25. The van der Waals surface area contributed by atoms with Gasteiger partial charge in [-0.25, -0.2) is 0 Å². The molecule has 1 aliphatic rings. The predicted molar refractivity (Wildman–Crippen MR) is 96.3 cm³/mol. The third-order valence-corrected chi connectivity index (χ3v) is 4.46. The van der Waals surface area contributed by atoms with Gasteiger partial charge in [-0.05, 0) is 53.7 Å². The van der Waals surface area contributed by atoms with Crippen molar-refractivity contribution < 1.29 is 14.3 Å². The van der Waals surface area contributed by atoms with Crippen LogP contribution >= 0.6 is 35.0 Å². The van der Waals surface area contributed by atoms with Crippen LogP contribution in [0, 0.1) is 0 Å². The Morgan fingerprint density at radius 2 is 1.88 bits per heavy atom. The molecule has 2 aromatic carbocycles. The SMILES string of the molecule is O=C1NC(=O)/C(=C/c2cc(Cl)ccc2OCc2cccc(Cl)c2)S1. The fourth-order valence-electron chi connectivity index (χ4n) is 2.11. The van der Waals surface area contributed by atoms with Gasteiger partial charge in [-0.1, -0.05) is 35.3 Å². The lowest BCUT2D eigenvalue weighted by Crippen LogP contribution is -2.17. The molecule has 0 unspecified atom stereocenters. The minimum absolute atomic E-state index is 0.301. The van der Waals surface area contributed by atoms with Gasteiger partial charge in [0.15, 0.2) is 0 Å². The topological polar surface area (TPSA) is 55.4 Å². The summed E-state index contributed by atoms with van der Waals surface area (Å²) in [6.45, 7) is 0.316. The van der Waals surface area contributed by atoms with Gasteiger partial charge >= 0.3 is 0 Å². The fourth-order valence-corrected chi connectivity index (χ4v) is 3.18. The fraction of sp³-hybridized carbons (Fsp3) is 0.0588. The Kier molecular flexibility index (Phi) is 5.14. The molecule has 1 N–H and O–H groups in total. The highest BCUT2D eigenvalue weighted by Crippen LogP contribution is 2.31. The van der Waals surface area contributed by atoms with Crippen molar-refractivity contribution in [3.05, 3.63) is 68.5 Å². The molecule has 1 heterocycles. The Balaban J connectivity index is 1.84. The van der Waals surface area contributed by atoms with E-state index in [0.717, 1.165) is 17.3 Å². The van der Waals surface area contributed by atoms with Crippen molar-refractivity contribution in [2.75, 3.05) is 0 Å². The zero-order valence-corrected chi connectivity index (χ0v) is 14.5. The lowest BCUT2D eigenvalue weighted by Gasteiger charge is -2.10. The minimum atomic E-state index is -0.425. The van der Waals surface area contributed by atoms with Crippen LogP contribution in [-0.2, 0) is 11.4 Å². The Bertz CT molecular complexity index is 851. The van der Waals surface area contributed by atoms with Gasteiger partial charge in [0.2, 0.25) is 0 Å². The maximum absolute atomic E-state index is 11.7. The molecule has 0 atom stereocenters. The largest absolute Gasteiger partial charge is 0.488 e. The second-order valence-corrected chi connectivity index (χ2v) is 6.84. The van der Waals surface area contributed by atoms with Crippen molar-refractivity contribution in [2.24, 2.45) is 0 Å². The summed E-state index contributed by atoms with van der Waals surface area (Å²) < 4.78 is 5.82. The summed E-state index contributed by atoms with van der Waals surface area (Å²) >= 11 is 12.8. The third-order valence-electron chi connectivity index (χ3n) is 3.18. The Labute approximate surface area is 152 Å². The van der Waals surface area contributed by atoms with Crippen molar-refractivity contribution in [1.29, 1.82) is 0 Å². The van der Waals surface area contributed by atoms with E-state index in [4.69, 9.17) is 27.9 Å². The summed E-state index contributed by atoms with van der Waals surface area (Å²) in [5, 5.41) is 2.96. The average molecular weight is 380 g/mol.